The summed E-state index contributed by atoms with van der Waals surface area (Å²) in [5, 5.41) is 0. The molecule has 1 saturated carbocycles. The molecular formula is C16H21BrF3N. The van der Waals surface area contributed by atoms with Gasteiger partial charge in [-0.25, -0.2) is 0 Å². The van der Waals surface area contributed by atoms with E-state index in [9.17, 15) is 13.2 Å². The van der Waals surface area contributed by atoms with Crippen molar-refractivity contribution in [1.29, 1.82) is 0 Å². The lowest BCUT2D eigenvalue weighted by molar-refractivity contribution is -0.137. The second-order valence-corrected chi connectivity index (χ2v) is 7.14. The zero-order chi connectivity index (χ0) is 15.8. The highest BCUT2D eigenvalue weighted by atomic mass is 79.9. The smallest absolute Gasteiger partial charge is 0.324 e. The molecule has 118 valence electrons. The number of alkyl halides is 3. The van der Waals surface area contributed by atoms with Gasteiger partial charge in [-0.1, -0.05) is 36.2 Å². The van der Waals surface area contributed by atoms with Crippen LogP contribution in [0.5, 0.6) is 0 Å². The van der Waals surface area contributed by atoms with Gasteiger partial charge in [-0.2, -0.15) is 13.2 Å². The van der Waals surface area contributed by atoms with E-state index in [1.54, 1.807) is 0 Å². The van der Waals surface area contributed by atoms with Gasteiger partial charge in [0.25, 0.3) is 0 Å². The van der Waals surface area contributed by atoms with Crippen LogP contribution in [0, 0.1) is 17.8 Å². The van der Waals surface area contributed by atoms with Crippen LogP contribution in [0.15, 0.2) is 22.7 Å². The van der Waals surface area contributed by atoms with E-state index in [0.29, 0.717) is 21.9 Å². The lowest BCUT2D eigenvalue weighted by atomic mass is 9.72. The first-order valence-corrected chi connectivity index (χ1v) is 8.11. The summed E-state index contributed by atoms with van der Waals surface area (Å²) >= 11 is 3.34. The quantitative estimate of drug-likeness (QED) is 0.733. The van der Waals surface area contributed by atoms with Crippen molar-refractivity contribution in [2.24, 2.45) is 23.5 Å². The van der Waals surface area contributed by atoms with Gasteiger partial charge in [-0.3, -0.25) is 0 Å². The topological polar surface area (TPSA) is 26.0 Å². The fourth-order valence-electron chi connectivity index (χ4n) is 3.14. The molecule has 1 aliphatic rings. The summed E-state index contributed by atoms with van der Waals surface area (Å²) < 4.78 is 39.2. The van der Waals surface area contributed by atoms with Crippen molar-refractivity contribution >= 4 is 15.9 Å². The number of hydrogen-bond donors (Lipinski definition) is 1. The van der Waals surface area contributed by atoms with Gasteiger partial charge < -0.3 is 5.73 Å². The van der Waals surface area contributed by atoms with Gasteiger partial charge in [0.15, 0.2) is 0 Å². The lowest BCUT2D eigenvalue weighted by Crippen LogP contribution is -2.29. The standard InChI is InChI=1S/C16H21BrF3N/c1-9-3-4-11(7-10(9)2)15(21)13-8-12(16(18,19)20)5-6-14(13)17/h5-6,8-11,15H,3-4,7,21H2,1-2H3. The fraction of sp³-hybridized carbons (Fsp3) is 0.625. The molecule has 1 aliphatic carbocycles. The molecule has 1 aromatic rings. The molecule has 4 unspecified atom stereocenters. The molecule has 2 N–H and O–H groups in total. The Hall–Kier alpha value is -0.550. The third-order valence-electron chi connectivity index (χ3n) is 4.83. The van der Waals surface area contributed by atoms with E-state index in [0.717, 1.165) is 25.3 Å². The van der Waals surface area contributed by atoms with Crippen molar-refractivity contribution in [1.82, 2.24) is 0 Å². The maximum absolute atomic E-state index is 12.9. The van der Waals surface area contributed by atoms with Crippen molar-refractivity contribution < 1.29 is 13.2 Å². The van der Waals surface area contributed by atoms with Crippen LogP contribution in [0.25, 0.3) is 0 Å². The van der Waals surface area contributed by atoms with Gasteiger partial charge in [-0.15, -0.1) is 0 Å². The average molecular weight is 364 g/mol. The van der Waals surface area contributed by atoms with E-state index >= 15 is 0 Å². The van der Waals surface area contributed by atoms with Crippen LogP contribution in [0.1, 0.15) is 50.3 Å². The van der Waals surface area contributed by atoms with E-state index in [1.807, 2.05) is 0 Å². The van der Waals surface area contributed by atoms with Crippen molar-refractivity contribution in [3.8, 4) is 0 Å². The van der Waals surface area contributed by atoms with Gasteiger partial charge in [0, 0.05) is 10.5 Å². The van der Waals surface area contributed by atoms with Gasteiger partial charge in [0.05, 0.1) is 5.56 Å². The number of hydrogen-bond acceptors (Lipinski definition) is 1. The fourth-order valence-corrected chi connectivity index (χ4v) is 3.66. The Bertz CT molecular complexity index is 501. The first-order valence-electron chi connectivity index (χ1n) is 7.32. The van der Waals surface area contributed by atoms with Crippen LogP contribution in [-0.4, -0.2) is 0 Å². The Morgan fingerprint density at radius 1 is 1.19 bits per heavy atom. The molecule has 2 rings (SSSR count). The minimum absolute atomic E-state index is 0.246. The highest BCUT2D eigenvalue weighted by Crippen LogP contribution is 2.41. The zero-order valence-electron chi connectivity index (χ0n) is 12.3. The summed E-state index contributed by atoms with van der Waals surface area (Å²) in [5.41, 5.74) is 6.23. The van der Waals surface area contributed by atoms with Crippen LogP contribution in [0.3, 0.4) is 0 Å². The maximum Gasteiger partial charge on any atom is 0.416 e. The first kappa shape index (κ1) is 16.8. The van der Waals surface area contributed by atoms with Gasteiger partial charge in [0.2, 0.25) is 0 Å². The average Bonchev–Trinajstić information content (AvgIpc) is 2.40. The van der Waals surface area contributed by atoms with Crippen LogP contribution >= 0.6 is 15.9 Å². The molecule has 4 atom stereocenters. The van der Waals surface area contributed by atoms with E-state index in [2.05, 4.69) is 29.8 Å². The van der Waals surface area contributed by atoms with E-state index in [1.165, 1.54) is 12.1 Å². The molecule has 1 nitrogen and oxygen atoms in total. The minimum atomic E-state index is -4.33. The molecule has 1 fully saturated rings. The maximum atomic E-state index is 12.9. The monoisotopic (exact) mass is 363 g/mol. The molecule has 0 heterocycles. The van der Waals surface area contributed by atoms with Gasteiger partial charge in [-0.05, 0) is 54.4 Å². The molecule has 0 aromatic heterocycles. The predicted molar refractivity (Wildman–Crippen MR) is 81.7 cm³/mol. The lowest BCUT2D eigenvalue weighted by Gasteiger charge is -2.35. The Labute approximate surface area is 132 Å². The molecule has 5 heteroatoms. The number of benzene rings is 1. The first-order chi connectivity index (χ1) is 9.70. The summed E-state index contributed by atoms with van der Waals surface area (Å²) in [6.07, 6.45) is -1.28. The Morgan fingerprint density at radius 3 is 2.43 bits per heavy atom. The summed E-state index contributed by atoms with van der Waals surface area (Å²) in [5.74, 6) is 1.48. The molecule has 0 amide bonds. The second kappa shape index (κ2) is 6.29. The SMILES string of the molecule is CC1CCC(C(N)c2cc(C(F)(F)F)ccc2Br)CC1C. The number of rotatable bonds is 2. The predicted octanol–water partition coefficient (Wildman–Crippen LogP) is 5.54. The second-order valence-electron chi connectivity index (χ2n) is 6.29. The Balaban J connectivity index is 2.24. The van der Waals surface area contributed by atoms with Crippen LogP contribution < -0.4 is 5.73 Å². The number of halogens is 4. The third kappa shape index (κ3) is 3.81. The molecule has 21 heavy (non-hydrogen) atoms. The normalized spacial score (nSPS) is 28.4. The van der Waals surface area contributed by atoms with E-state index in [4.69, 9.17) is 5.73 Å². The van der Waals surface area contributed by atoms with Crippen molar-refractivity contribution in [2.75, 3.05) is 0 Å². The van der Waals surface area contributed by atoms with Crippen molar-refractivity contribution in [3.05, 3.63) is 33.8 Å². The number of nitrogens with two attached hydrogens (primary N) is 1. The Morgan fingerprint density at radius 2 is 1.86 bits per heavy atom. The van der Waals surface area contributed by atoms with Crippen LogP contribution in [0.4, 0.5) is 13.2 Å². The molecule has 1 aromatic carbocycles. The zero-order valence-corrected chi connectivity index (χ0v) is 13.8. The summed E-state index contributed by atoms with van der Waals surface area (Å²) in [6, 6.07) is 3.38. The Kier molecular flexibility index (Phi) is 5.03. The van der Waals surface area contributed by atoms with Gasteiger partial charge >= 0.3 is 6.18 Å². The molecule has 0 saturated heterocycles. The summed E-state index contributed by atoms with van der Waals surface area (Å²) in [6.45, 7) is 4.43. The molecule has 0 spiro atoms. The third-order valence-corrected chi connectivity index (χ3v) is 5.55. The largest absolute Gasteiger partial charge is 0.416 e. The molecule has 0 aliphatic heterocycles. The van der Waals surface area contributed by atoms with Crippen LogP contribution in [0.2, 0.25) is 0 Å². The summed E-state index contributed by atoms with van der Waals surface area (Å²) in [4.78, 5) is 0. The van der Waals surface area contributed by atoms with Crippen molar-refractivity contribution in [3.63, 3.8) is 0 Å². The molecule has 0 radical (unpaired) electrons. The highest BCUT2D eigenvalue weighted by Gasteiger charge is 2.34. The van der Waals surface area contributed by atoms with E-state index < -0.39 is 11.7 Å². The van der Waals surface area contributed by atoms with Crippen molar-refractivity contribution in [2.45, 2.75) is 45.3 Å². The van der Waals surface area contributed by atoms with Crippen LogP contribution in [-0.2, 0) is 6.18 Å². The summed E-state index contributed by atoms with van der Waals surface area (Å²) in [7, 11) is 0. The van der Waals surface area contributed by atoms with E-state index in [-0.39, 0.29) is 12.0 Å². The van der Waals surface area contributed by atoms with Gasteiger partial charge in [0.1, 0.15) is 0 Å². The molecule has 0 bridgehead atoms. The minimum Gasteiger partial charge on any atom is -0.324 e. The molecular weight excluding hydrogens is 343 g/mol. The highest BCUT2D eigenvalue weighted by molar-refractivity contribution is 9.10.